The number of carboxylic acids is 1. The van der Waals surface area contributed by atoms with Crippen LogP contribution in [0, 0.1) is 0 Å². The summed E-state index contributed by atoms with van der Waals surface area (Å²) in [7, 11) is 0. The predicted octanol–water partition coefficient (Wildman–Crippen LogP) is 3.64. The van der Waals surface area contributed by atoms with E-state index in [1.807, 2.05) is 0 Å². The third-order valence-corrected chi connectivity index (χ3v) is 3.55. The van der Waals surface area contributed by atoms with Crippen LogP contribution in [0.5, 0.6) is 0 Å². The molecule has 0 atom stereocenters. The number of benzene rings is 2. The molecule has 0 bridgehead atoms. The Morgan fingerprint density at radius 3 is 2.57 bits per heavy atom. The molecule has 0 saturated carbocycles. The minimum Gasteiger partial charge on any atom is -0.478 e. The second-order valence-electron chi connectivity index (χ2n) is 4.23. The van der Waals surface area contributed by atoms with Crippen molar-refractivity contribution in [3.05, 3.63) is 57.0 Å². The first-order valence-electron chi connectivity index (χ1n) is 5.77. The fourth-order valence-electron chi connectivity index (χ4n) is 1.70. The highest BCUT2D eigenvalue weighted by Crippen LogP contribution is 2.23. The van der Waals surface area contributed by atoms with Crippen LogP contribution in [0.1, 0.15) is 20.7 Å². The molecule has 2 aromatic rings. The monoisotopic (exact) mass is 368 g/mol. The van der Waals surface area contributed by atoms with E-state index in [0.717, 1.165) is 0 Å². The van der Waals surface area contributed by atoms with E-state index in [1.54, 1.807) is 12.1 Å². The number of halogens is 2. The fraction of sp³-hybridized carbons (Fsp3) is 0. The number of nitrogens with one attached hydrogen (secondary N) is 1. The van der Waals surface area contributed by atoms with Crippen molar-refractivity contribution >= 4 is 50.8 Å². The molecule has 2 aromatic carbocycles. The molecule has 0 aromatic heterocycles. The second-order valence-corrected chi connectivity index (χ2v) is 5.52. The van der Waals surface area contributed by atoms with Gasteiger partial charge in [-0.2, -0.15) is 0 Å². The lowest BCUT2D eigenvalue weighted by Gasteiger charge is -2.09. The maximum absolute atomic E-state index is 12.2. The SMILES string of the molecule is Nc1ccc(Br)c(C(=O)Nc2cc(Cl)cc(C(=O)O)c2)c1. The third kappa shape index (κ3) is 3.74. The van der Waals surface area contributed by atoms with Gasteiger partial charge in [0.1, 0.15) is 0 Å². The molecule has 108 valence electrons. The standard InChI is InChI=1S/C14H10BrClN2O3/c15-12-2-1-9(17)6-11(12)13(19)18-10-4-7(14(20)21)3-8(16)5-10/h1-6H,17H2,(H,18,19)(H,20,21). The molecular weight excluding hydrogens is 360 g/mol. The zero-order chi connectivity index (χ0) is 15.6. The van der Waals surface area contributed by atoms with Gasteiger partial charge in [-0.1, -0.05) is 11.6 Å². The number of carbonyl (C=O) groups is 2. The molecule has 5 nitrogen and oxygen atoms in total. The first-order chi connectivity index (χ1) is 9.86. The molecule has 0 unspecified atom stereocenters. The molecule has 0 aliphatic rings. The topological polar surface area (TPSA) is 92.4 Å². The van der Waals surface area contributed by atoms with E-state index in [2.05, 4.69) is 21.2 Å². The van der Waals surface area contributed by atoms with Gasteiger partial charge < -0.3 is 16.2 Å². The average Bonchev–Trinajstić information content (AvgIpc) is 2.40. The minimum atomic E-state index is -1.13. The van der Waals surface area contributed by atoms with Crippen molar-refractivity contribution in [2.45, 2.75) is 0 Å². The molecule has 2 rings (SSSR count). The average molecular weight is 370 g/mol. The highest BCUT2D eigenvalue weighted by atomic mass is 79.9. The van der Waals surface area contributed by atoms with Crippen molar-refractivity contribution in [1.29, 1.82) is 0 Å². The van der Waals surface area contributed by atoms with Crippen LogP contribution in [-0.2, 0) is 0 Å². The highest BCUT2D eigenvalue weighted by Gasteiger charge is 2.13. The summed E-state index contributed by atoms with van der Waals surface area (Å²) < 4.78 is 0.578. The number of rotatable bonds is 3. The summed E-state index contributed by atoms with van der Waals surface area (Å²) in [6.07, 6.45) is 0. The van der Waals surface area contributed by atoms with Crippen molar-refractivity contribution in [3.8, 4) is 0 Å². The molecule has 1 amide bonds. The quantitative estimate of drug-likeness (QED) is 0.720. The van der Waals surface area contributed by atoms with Gasteiger partial charge in [0.25, 0.3) is 5.91 Å². The van der Waals surface area contributed by atoms with E-state index in [0.29, 0.717) is 21.4 Å². The Bertz CT molecular complexity index is 734. The minimum absolute atomic E-state index is 0.00978. The van der Waals surface area contributed by atoms with Crippen LogP contribution in [0.3, 0.4) is 0 Å². The van der Waals surface area contributed by atoms with E-state index in [-0.39, 0.29) is 10.6 Å². The van der Waals surface area contributed by atoms with Crippen LogP contribution in [0.15, 0.2) is 40.9 Å². The number of hydrogen-bond donors (Lipinski definition) is 3. The highest BCUT2D eigenvalue weighted by molar-refractivity contribution is 9.10. The molecule has 0 radical (unpaired) electrons. The number of aromatic carboxylic acids is 1. The Hall–Kier alpha value is -2.05. The summed E-state index contributed by atoms with van der Waals surface area (Å²) in [6, 6.07) is 8.92. The smallest absolute Gasteiger partial charge is 0.335 e. The van der Waals surface area contributed by atoms with Crippen molar-refractivity contribution in [2.75, 3.05) is 11.1 Å². The van der Waals surface area contributed by atoms with E-state index in [4.69, 9.17) is 22.4 Å². The van der Waals surface area contributed by atoms with Crippen LogP contribution in [0.2, 0.25) is 5.02 Å². The lowest BCUT2D eigenvalue weighted by molar-refractivity contribution is 0.0696. The number of hydrogen-bond acceptors (Lipinski definition) is 3. The Labute approximate surface area is 133 Å². The van der Waals surface area contributed by atoms with E-state index < -0.39 is 11.9 Å². The summed E-state index contributed by atoms with van der Waals surface area (Å²) >= 11 is 9.10. The predicted molar refractivity (Wildman–Crippen MR) is 84.9 cm³/mol. The zero-order valence-corrected chi connectivity index (χ0v) is 12.9. The van der Waals surface area contributed by atoms with Crippen molar-refractivity contribution in [3.63, 3.8) is 0 Å². The maximum atomic E-state index is 12.2. The van der Waals surface area contributed by atoms with Gasteiger partial charge in [-0.05, 0) is 52.3 Å². The molecule has 21 heavy (non-hydrogen) atoms. The van der Waals surface area contributed by atoms with Gasteiger partial charge in [0, 0.05) is 20.9 Å². The molecular formula is C14H10BrClN2O3. The Kier molecular flexibility index (Phi) is 4.50. The Balaban J connectivity index is 2.31. The Morgan fingerprint density at radius 1 is 1.19 bits per heavy atom. The van der Waals surface area contributed by atoms with Crippen LogP contribution in [0.4, 0.5) is 11.4 Å². The number of carbonyl (C=O) groups excluding carboxylic acids is 1. The number of nitrogen functional groups attached to an aromatic ring is 1. The van der Waals surface area contributed by atoms with E-state index in [9.17, 15) is 9.59 Å². The summed E-state index contributed by atoms with van der Waals surface area (Å²) in [4.78, 5) is 23.2. The summed E-state index contributed by atoms with van der Waals surface area (Å²) in [5.74, 6) is -1.55. The van der Waals surface area contributed by atoms with Gasteiger partial charge in [-0.3, -0.25) is 4.79 Å². The number of anilines is 2. The largest absolute Gasteiger partial charge is 0.478 e. The van der Waals surface area contributed by atoms with Gasteiger partial charge >= 0.3 is 5.97 Å². The molecule has 0 aliphatic heterocycles. The van der Waals surface area contributed by atoms with Crippen LogP contribution < -0.4 is 11.1 Å². The van der Waals surface area contributed by atoms with Crippen LogP contribution in [-0.4, -0.2) is 17.0 Å². The molecule has 4 N–H and O–H groups in total. The lowest BCUT2D eigenvalue weighted by Crippen LogP contribution is -2.13. The lowest BCUT2D eigenvalue weighted by atomic mass is 10.1. The zero-order valence-electron chi connectivity index (χ0n) is 10.6. The van der Waals surface area contributed by atoms with E-state index >= 15 is 0 Å². The van der Waals surface area contributed by atoms with Crippen molar-refractivity contribution < 1.29 is 14.7 Å². The van der Waals surface area contributed by atoms with Crippen LogP contribution in [0.25, 0.3) is 0 Å². The number of nitrogens with two attached hydrogens (primary N) is 1. The molecule has 0 fully saturated rings. The second kappa shape index (κ2) is 6.15. The van der Waals surface area contributed by atoms with Crippen molar-refractivity contribution in [1.82, 2.24) is 0 Å². The summed E-state index contributed by atoms with van der Waals surface area (Å²) in [5.41, 5.74) is 6.71. The first kappa shape index (κ1) is 15.3. The van der Waals surface area contributed by atoms with Gasteiger partial charge in [-0.25, -0.2) is 4.79 Å². The Morgan fingerprint density at radius 2 is 1.90 bits per heavy atom. The summed E-state index contributed by atoms with van der Waals surface area (Å²) in [6.45, 7) is 0. The molecule has 7 heteroatoms. The number of amides is 1. The van der Waals surface area contributed by atoms with Crippen molar-refractivity contribution in [2.24, 2.45) is 0 Å². The first-order valence-corrected chi connectivity index (χ1v) is 6.94. The summed E-state index contributed by atoms with van der Waals surface area (Å²) in [5, 5.41) is 11.8. The number of carboxylic acid groups (broad SMARTS) is 1. The van der Waals surface area contributed by atoms with E-state index in [1.165, 1.54) is 24.3 Å². The molecule has 0 heterocycles. The third-order valence-electron chi connectivity index (χ3n) is 2.64. The molecule has 0 spiro atoms. The molecule has 0 aliphatic carbocycles. The maximum Gasteiger partial charge on any atom is 0.335 e. The normalized spacial score (nSPS) is 10.2. The van der Waals surface area contributed by atoms with Crippen LogP contribution >= 0.6 is 27.5 Å². The molecule has 0 saturated heterocycles. The van der Waals surface area contributed by atoms with Gasteiger partial charge in [-0.15, -0.1) is 0 Å². The van der Waals surface area contributed by atoms with Gasteiger partial charge in [0.2, 0.25) is 0 Å². The van der Waals surface area contributed by atoms with Gasteiger partial charge in [0.05, 0.1) is 11.1 Å². The fourth-order valence-corrected chi connectivity index (χ4v) is 2.36. The van der Waals surface area contributed by atoms with Gasteiger partial charge in [0.15, 0.2) is 0 Å².